The van der Waals surface area contributed by atoms with E-state index in [1.807, 2.05) is 0 Å². The first-order valence-corrected chi connectivity index (χ1v) is 8.46. The van der Waals surface area contributed by atoms with Gasteiger partial charge in [0.05, 0.1) is 0 Å². The topological polar surface area (TPSA) is 9.23 Å². The van der Waals surface area contributed by atoms with Crippen molar-refractivity contribution in [3.8, 4) is 0 Å². The minimum Gasteiger partial charge on any atom is -0.414 e. The lowest BCUT2D eigenvalue weighted by Gasteiger charge is -2.42. The second-order valence-electron chi connectivity index (χ2n) is 6.89. The highest BCUT2D eigenvalue weighted by molar-refractivity contribution is 6.74. The van der Waals surface area contributed by atoms with Gasteiger partial charge in [-0.3, -0.25) is 0 Å². The highest BCUT2D eigenvalue weighted by Gasteiger charge is 2.40. The Morgan fingerprint density at radius 3 is 1.50 bits per heavy atom. The van der Waals surface area contributed by atoms with Crippen LogP contribution in [0, 0.1) is 5.41 Å². The zero-order valence-corrected chi connectivity index (χ0v) is 12.5. The lowest BCUT2D eigenvalue weighted by atomic mass is 9.91. The maximum absolute atomic E-state index is 6.31. The van der Waals surface area contributed by atoms with Crippen molar-refractivity contribution in [2.24, 2.45) is 5.41 Å². The molecular formula is C12H28OSi. The highest BCUT2D eigenvalue weighted by atomic mass is 28.4. The summed E-state index contributed by atoms with van der Waals surface area (Å²) in [5.74, 6) is 0. The second-order valence-corrected chi connectivity index (χ2v) is 11.6. The summed E-state index contributed by atoms with van der Waals surface area (Å²) in [5, 5.41) is 0.312. The summed E-state index contributed by atoms with van der Waals surface area (Å²) in [6, 6.07) is 0. The average molecular weight is 216 g/mol. The van der Waals surface area contributed by atoms with Crippen molar-refractivity contribution in [2.45, 2.75) is 72.7 Å². The van der Waals surface area contributed by atoms with Gasteiger partial charge in [-0.1, -0.05) is 41.5 Å². The van der Waals surface area contributed by atoms with Crippen molar-refractivity contribution in [1.29, 1.82) is 0 Å². The van der Waals surface area contributed by atoms with Crippen LogP contribution in [0.25, 0.3) is 0 Å². The Morgan fingerprint density at radius 1 is 0.929 bits per heavy atom. The van der Waals surface area contributed by atoms with Crippen LogP contribution in [0.1, 0.15) is 48.5 Å². The van der Waals surface area contributed by atoms with Gasteiger partial charge in [-0.05, 0) is 30.5 Å². The van der Waals surface area contributed by atoms with Crippen molar-refractivity contribution < 1.29 is 4.43 Å². The molecule has 0 saturated carbocycles. The van der Waals surface area contributed by atoms with Crippen LogP contribution < -0.4 is 0 Å². The van der Waals surface area contributed by atoms with Gasteiger partial charge in [-0.15, -0.1) is 0 Å². The molecule has 0 aliphatic rings. The fourth-order valence-electron chi connectivity index (χ4n) is 0.795. The molecule has 0 bridgehead atoms. The Balaban J connectivity index is 4.53. The van der Waals surface area contributed by atoms with E-state index < -0.39 is 8.32 Å². The molecular weight excluding hydrogens is 188 g/mol. The van der Waals surface area contributed by atoms with Crippen LogP contribution in [0.5, 0.6) is 0 Å². The van der Waals surface area contributed by atoms with E-state index in [2.05, 4.69) is 61.6 Å². The van der Waals surface area contributed by atoms with Gasteiger partial charge >= 0.3 is 0 Å². The van der Waals surface area contributed by atoms with E-state index >= 15 is 0 Å². The van der Waals surface area contributed by atoms with Gasteiger partial charge in [0.25, 0.3) is 0 Å². The summed E-state index contributed by atoms with van der Waals surface area (Å²) in [5.41, 5.74) is 0.246. The number of hydrogen-bond acceptors (Lipinski definition) is 1. The van der Waals surface area contributed by atoms with Gasteiger partial charge in [0.15, 0.2) is 8.32 Å². The zero-order valence-electron chi connectivity index (χ0n) is 11.5. The van der Waals surface area contributed by atoms with Gasteiger partial charge in [0.1, 0.15) is 0 Å². The van der Waals surface area contributed by atoms with Gasteiger partial charge < -0.3 is 4.43 Å². The fourth-order valence-corrected chi connectivity index (χ4v) is 2.39. The van der Waals surface area contributed by atoms with E-state index in [4.69, 9.17) is 4.43 Å². The Kier molecular flexibility index (Phi) is 4.02. The summed E-state index contributed by atoms with van der Waals surface area (Å²) in [4.78, 5) is 0. The lowest BCUT2D eigenvalue weighted by Crippen LogP contribution is -2.46. The number of rotatable bonds is 2. The molecule has 0 spiro atoms. The first-order valence-electron chi connectivity index (χ1n) is 5.56. The van der Waals surface area contributed by atoms with Crippen molar-refractivity contribution in [2.75, 3.05) is 0 Å². The van der Waals surface area contributed by atoms with E-state index in [0.717, 1.165) is 0 Å². The Labute approximate surface area is 91.4 Å². The van der Waals surface area contributed by atoms with Crippen LogP contribution in [0.15, 0.2) is 0 Å². The molecule has 1 nitrogen and oxygen atoms in total. The van der Waals surface area contributed by atoms with Crippen LogP contribution in [0.4, 0.5) is 0 Å². The van der Waals surface area contributed by atoms with Gasteiger partial charge in [0.2, 0.25) is 0 Å². The molecule has 0 aliphatic heterocycles. The molecule has 86 valence electrons. The van der Waals surface area contributed by atoms with Gasteiger partial charge in [-0.25, -0.2) is 0 Å². The highest BCUT2D eigenvalue weighted by Crippen LogP contribution is 2.39. The molecule has 2 heteroatoms. The molecule has 1 unspecified atom stereocenters. The average Bonchev–Trinajstić information content (AvgIpc) is 1.80. The third-order valence-electron chi connectivity index (χ3n) is 3.50. The molecule has 0 rings (SSSR count). The summed E-state index contributed by atoms with van der Waals surface area (Å²) in [7, 11) is -1.58. The van der Waals surface area contributed by atoms with Crippen molar-refractivity contribution >= 4 is 8.32 Å². The molecule has 0 aromatic heterocycles. The Morgan fingerprint density at radius 2 is 1.29 bits per heavy atom. The molecule has 0 aromatic carbocycles. The van der Waals surface area contributed by atoms with Crippen molar-refractivity contribution in [1.82, 2.24) is 0 Å². The van der Waals surface area contributed by atoms with Crippen molar-refractivity contribution in [3.05, 3.63) is 0 Å². The van der Waals surface area contributed by atoms with Gasteiger partial charge in [0, 0.05) is 6.10 Å². The van der Waals surface area contributed by atoms with Crippen LogP contribution in [-0.4, -0.2) is 14.4 Å². The van der Waals surface area contributed by atoms with Crippen LogP contribution in [0.2, 0.25) is 18.1 Å². The SMILES string of the molecule is CC(O[Si](C)(C)C(C)(C)C)C(C)(C)C. The first kappa shape index (κ1) is 14.2. The van der Waals surface area contributed by atoms with Crippen LogP contribution in [-0.2, 0) is 4.43 Å². The van der Waals surface area contributed by atoms with E-state index in [-0.39, 0.29) is 5.41 Å². The molecule has 1 atom stereocenters. The first-order chi connectivity index (χ1) is 5.88. The Bertz CT molecular complexity index is 183. The van der Waals surface area contributed by atoms with E-state index in [0.29, 0.717) is 11.1 Å². The largest absolute Gasteiger partial charge is 0.414 e. The molecule has 0 aliphatic carbocycles. The molecule has 0 aromatic rings. The molecule has 0 heterocycles. The Hall–Kier alpha value is 0.177. The van der Waals surface area contributed by atoms with Gasteiger partial charge in [-0.2, -0.15) is 0 Å². The van der Waals surface area contributed by atoms with Crippen molar-refractivity contribution in [3.63, 3.8) is 0 Å². The maximum Gasteiger partial charge on any atom is 0.192 e. The molecule has 0 saturated heterocycles. The van der Waals surface area contributed by atoms with Crippen LogP contribution in [0.3, 0.4) is 0 Å². The molecule has 0 fully saturated rings. The van der Waals surface area contributed by atoms with E-state index in [1.165, 1.54) is 0 Å². The lowest BCUT2D eigenvalue weighted by molar-refractivity contribution is 0.0892. The summed E-state index contributed by atoms with van der Waals surface area (Å²) >= 11 is 0. The predicted octanol–water partition coefficient (Wildman–Crippen LogP) is 4.44. The molecule has 0 radical (unpaired) electrons. The maximum atomic E-state index is 6.31. The summed E-state index contributed by atoms with van der Waals surface area (Å²) in [6.45, 7) is 20.4. The second kappa shape index (κ2) is 3.97. The van der Waals surface area contributed by atoms with E-state index in [1.54, 1.807) is 0 Å². The molecule has 14 heavy (non-hydrogen) atoms. The minimum absolute atomic E-state index is 0.246. The van der Waals surface area contributed by atoms with E-state index in [9.17, 15) is 0 Å². The summed E-state index contributed by atoms with van der Waals surface area (Å²) in [6.07, 6.45) is 0.336. The standard InChI is InChI=1S/C12H28OSi/c1-10(11(2,3)4)13-14(8,9)12(5,6)7/h10H,1-9H3. The smallest absolute Gasteiger partial charge is 0.192 e. The quantitative estimate of drug-likeness (QED) is 0.620. The normalized spacial score (nSPS) is 16.9. The summed E-state index contributed by atoms with van der Waals surface area (Å²) < 4.78 is 6.31. The van der Waals surface area contributed by atoms with Crippen LogP contribution >= 0.6 is 0 Å². The third kappa shape index (κ3) is 3.74. The molecule has 0 amide bonds. The monoisotopic (exact) mass is 216 g/mol. The predicted molar refractivity (Wildman–Crippen MR) is 67.2 cm³/mol. The third-order valence-corrected chi connectivity index (χ3v) is 8.05. The number of hydrogen-bond donors (Lipinski definition) is 0. The zero-order chi connectivity index (χ0) is 11.8. The fraction of sp³-hybridized carbons (Fsp3) is 1.00. The molecule has 0 N–H and O–H groups in total. The minimum atomic E-state index is -1.58.